The second-order valence-corrected chi connectivity index (χ2v) is 7.36. The van der Waals surface area contributed by atoms with Crippen molar-refractivity contribution in [2.24, 2.45) is 0 Å². The maximum Gasteiger partial charge on any atom is 0.233 e. The lowest BCUT2D eigenvalue weighted by Crippen LogP contribution is -2.49. The molecule has 0 atom stereocenters. The van der Waals surface area contributed by atoms with E-state index < -0.39 is 0 Å². The van der Waals surface area contributed by atoms with Gasteiger partial charge in [-0.25, -0.2) is 9.97 Å². The molecule has 0 aromatic carbocycles. The number of halogens is 1. The van der Waals surface area contributed by atoms with Crippen LogP contribution in [-0.4, -0.2) is 90.5 Å². The number of morpholine rings is 1. The van der Waals surface area contributed by atoms with Gasteiger partial charge in [0.25, 0.3) is 0 Å². The summed E-state index contributed by atoms with van der Waals surface area (Å²) in [4.78, 5) is 27.6. The average molecular weight is 386 g/mol. The Kier molecular flexibility index (Phi) is 6.75. The minimum absolute atomic E-state index is 0.136. The number of carbonyl (C=O) groups excluding carboxylic acids is 1. The van der Waals surface area contributed by atoms with E-state index in [2.05, 4.69) is 26.7 Å². The van der Waals surface area contributed by atoms with E-state index >= 15 is 0 Å². The van der Waals surface area contributed by atoms with E-state index in [1.54, 1.807) is 6.07 Å². The van der Waals surface area contributed by atoms with Gasteiger partial charge in [0, 0.05) is 45.3 Å². The van der Waals surface area contributed by atoms with Gasteiger partial charge in [-0.2, -0.15) is 0 Å². The lowest BCUT2D eigenvalue weighted by Gasteiger charge is -2.34. The lowest BCUT2D eigenvalue weighted by atomic mass is 10.3. The number of nitrogens with zero attached hydrogens (tertiary/aromatic N) is 5. The first kappa shape index (κ1) is 18.7. The zero-order chi connectivity index (χ0) is 17.6. The first-order valence-electron chi connectivity index (χ1n) is 8.66. The predicted octanol–water partition coefficient (Wildman–Crippen LogP) is 1.22. The molecule has 0 spiro atoms. The van der Waals surface area contributed by atoms with Crippen molar-refractivity contribution in [3.8, 4) is 0 Å². The van der Waals surface area contributed by atoms with E-state index in [0.29, 0.717) is 29.3 Å². The van der Waals surface area contributed by atoms with Crippen LogP contribution in [0.25, 0.3) is 0 Å². The fraction of sp³-hybridized carbons (Fsp3) is 0.688. The molecule has 0 aliphatic carbocycles. The summed E-state index contributed by atoms with van der Waals surface area (Å²) in [6, 6.07) is 1.77. The van der Waals surface area contributed by atoms with Crippen molar-refractivity contribution in [2.75, 3.05) is 69.7 Å². The fourth-order valence-electron chi connectivity index (χ4n) is 2.94. The van der Waals surface area contributed by atoms with Crippen LogP contribution in [0.5, 0.6) is 0 Å². The molecule has 1 aromatic rings. The standard InChI is InChI=1S/C16H24ClN5O2S/c1-2-20-3-5-22(6-4-20)15(23)12-25-16-18-13(17)11-14(19-16)21-7-9-24-10-8-21/h11H,2-10,12H2,1H3. The van der Waals surface area contributed by atoms with Gasteiger partial charge in [-0.1, -0.05) is 30.3 Å². The van der Waals surface area contributed by atoms with Gasteiger partial charge in [0.05, 0.1) is 19.0 Å². The Morgan fingerprint density at radius 2 is 1.92 bits per heavy atom. The number of anilines is 1. The predicted molar refractivity (Wildman–Crippen MR) is 99.5 cm³/mol. The molecule has 9 heteroatoms. The number of amides is 1. The molecule has 3 heterocycles. The van der Waals surface area contributed by atoms with Gasteiger partial charge < -0.3 is 19.4 Å². The highest BCUT2D eigenvalue weighted by atomic mass is 35.5. The molecule has 3 rings (SSSR count). The summed E-state index contributed by atoms with van der Waals surface area (Å²) in [5, 5.41) is 0.956. The largest absolute Gasteiger partial charge is 0.378 e. The molecular weight excluding hydrogens is 362 g/mol. The van der Waals surface area contributed by atoms with Crippen molar-refractivity contribution in [3.05, 3.63) is 11.2 Å². The van der Waals surface area contributed by atoms with Crippen LogP contribution in [0.2, 0.25) is 5.15 Å². The third-order valence-electron chi connectivity index (χ3n) is 4.49. The van der Waals surface area contributed by atoms with E-state index in [0.717, 1.165) is 51.6 Å². The zero-order valence-corrected chi connectivity index (χ0v) is 16.1. The normalized spacial score (nSPS) is 19.3. The molecule has 0 unspecified atom stereocenters. The van der Waals surface area contributed by atoms with Crippen molar-refractivity contribution in [2.45, 2.75) is 12.1 Å². The van der Waals surface area contributed by atoms with Gasteiger partial charge in [0.2, 0.25) is 5.91 Å². The monoisotopic (exact) mass is 385 g/mol. The molecule has 1 amide bonds. The molecule has 7 nitrogen and oxygen atoms in total. The minimum atomic E-state index is 0.136. The van der Waals surface area contributed by atoms with Crippen molar-refractivity contribution in [1.29, 1.82) is 0 Å². The summed E-state index contributed by atoms with van der Waals surface area (Å²) in [6.45, 7) is 9.62. The van der Waals surface area contributed by atoms with Gasteiger partial charge in [-0.05, 0) is 6.54 Å². The van der Waals surface area contributed by atoms with Gasteiger partial charge >= 0.3 is 0 Å². The molecule has 0 N–H and O–H groups in total. The summed E-state index contributed by atoms with van der Waals surface area (Å²) < 4.78 is 5.37. The van der Waals surface area contributed by atoms with Crippen LogP contribution in [0.3, 0.4) is 0 Å². The van der Waals surface area contributed by atoms with Gasteiger partial charge in [0.15, 0.2) is 5.16 Å². The fourth-order valence-corrected chi connectivity index (χ4v) is 3.92. The summed E-state index contributed by atoms with van der Waals surface area (Å²) in [5.41, 5.74) is 0. The maximum absolute atomic E-state index is 12.4. The highest BCUT2D eigenvalue weighted by Gasteiger charge is 2.21. The molecular formula is C16H24ClN5O2S. The van der Waals surface area contributed by atoms with E-state index in [4.69, 9.17) is 16.3 Å². The number of thioether (sulfide) groups is 1. The molecule has 0 radical (unpaired) electrons. The van der Waals surface area contributed by atoms with Crippen molar-refractivity contribution >= 4 is 35.1 Å². The smallest absolute Gasteiger partial charge is 0.233 e. The average Bonchev–Trinajstić information content (AvgIpc) is 2.66. The molecule has 2 aliphatic rings. The lowest BCUT2D eigenvalue weighted by molar-refractivity contribution is -0.130. The SMILES string of the molecule is CCN1CCN(C(=O)CSc2nc(Cl)cc(N3CCOCC3)n2)CC1. The number of hydrogen-bond donors (Lipinski definition) is 0. The molecule has 2 fully saturated rings. The van der Waals surface area contributed by atoms with Crippen molar-refractivity contribution < 1.29 is 9.53 Å². The second kappa shape index (κ2) is 9.02. The molecule has 2 saturated heterocycles. The summed E-state index contributed by atoms with van der Waals surface area (Å²) >= 11 is 7.49. The number of likely N-dealkylation sites (N-methyl/N-ethyl adjacent to an activating group) is 1. The molecule has 138 valence electrons. The Bertz CT molecular complexity index is 592. The molecule has 2 aliphatic heterocycles. The molecule has 25 heavy (non-hydrogen) atoms. The Morgan fingerprint density at radius 1 is 1.20 bits per heavy atom. The number of ether oxygens (including phenoxy) is 1. The van der Waals surface area contributed by atoms with E-state index in [9.17, 15) is 4.79 Å². The first-order chi connectivity index (χ1) is 12.2. The van der Waals surface area contributed by atoms with Gasteiger partial charge in [-0.3, -0.25) is 4.79 Å². The van der Waals surface area contributed by atoms with E-state index in [-0.39, 0.29) is 5.91 Å². The van der Waals surface area contributed by atoms with Crippen LogP contribution in [0.15, 0.2) is 11.2 Å². The van der Waals surface area contributed by atoms with Crippen molar-refractivity contribution in [1.82, 2.24) is 19.8 Å². The number of carbonyl (C=O) groups is 1. The van der Waals surface area contributed by atoms with Crippen LogP contribution in [-0.2, 0) is 9.53 Å². The molecule has 0 saturated carbocycles. The number of aromatic nitrogens is 2. The van der Waals surface area contributed by atoms with Crippen LogP contribution in [0.4, 0.5) is 5.82 Å². The Labute approximate surface area is 157 Å². The highest BCUT2D eigenvalue weighted by molar-refractivity contribution is 7.99. The third kappa shape index (κ3) is 5.20. The topological polar surface area (TPSA) is 61.8 Å². The Hall–Kier alpha value is -1.09. The van der Waals surface area contributed by atoms with E-state index in [1.807, 2.05) is 4.90 Å². The first-order valence-corrected chi connectivity index (χ1v) is 10.0. The van der Waals surface area contributed by atoms with Gasteiger partial charge in [-0.15, -0.1) is 0 Å². The van der Waals surface area contributed by atoms with E-state index in [1.165, 1.54) is 11.8 Å². The maximum atomic E-state index is 12.4. The minimum Gasteiger partial charge on any atom is -0.378 e. The third-order valence-corrected chi connectivity index (χ3v) is 5.52. The second-order valence-electron chi connectivity index (χ2n) is 6.03. The number of hydrogen-bond acceptors (Lipinski definition) is 7. The van der Waals surface area contributed by atoms with Gasteiger partial charge in [0.1, 0.15) is 11.0 Å². The number of piperazine rings is 1. The summed E-state index contributed by atoms with van der Waals surface area (Å²) in [5.74, 6) is 1.28. The molecule has 1 aromatic heterocycles. The quantitative estimate of drug-likeness (QED) is 0.429. The van der Waals surface area contributed by atoms with Crippen LogP contribution in [0, 0.1) is 0 Å². The van der Waals surface area contributed by atoms with Crippen LogP contribution in [0.1, 0.15) is 6.92 Å². The Morgan fingerprint density at radius 3 is 2.60 bits per heavy atom. The summed E-state index contributed by atoms with van der Waals surface area (Å²) in [6.07, 6.45) is 0. The highest BCUT2D eigenvalue weighted by Crippen LogP contribution is 2.23. The molecule has 0 bridgehead atoms. The zero-order valence-electron chi connectivity index (χ0n) is 14.5. The summed E-state index contributed by atoms with van der Waals surface area (Å²) in [7, 11) is 0. The van der Waals surface area contributed by atoms with Crippen LogP contribution >= 0.6 is 23.4 Å². The van der Waals surface area contributed by atoms with Crippen molar-refractivity contribution in [3.63, 3.8) is 0 Å². The van der Waals surface area contributed by atoms with Crippen LogP contribution < -0.4 is 4.90 Å². The number of rotatable bonds is 5. The Balaban J connectivity index is 1.55.